The Bertz CT molecular complexity index is 546. The lowest BCUT2D eigenvalue weighted by molar-refractivity contribution is 0.833. The van der Waals surface area contributed by atoms with E-state index in [4.69, 9.17) is 17.3 Å². The fraction of sp³-hybridized carbons (Fsp3) is 0.250. The lowest BCUT2D eigenvalue weighted by atomic mass is 10.1. The normalized spacial score (nSPS) is 10.5. The minimum Gasteiger partial charge on any atom is -0.398 e. The first-order valence-corrected chi connectivity index (χ1v) is 6.84. The van der Waals surface area contributed by atoms with Crippen LogP contribution in [0, 0.1) is 6.92 Å². The van der Waals surface area contributed by atoms with Crippen LogP contribution in [0.25, 0.3) is 0 Å². The number of rotatable bonds is 4. The number of anilines is 2. The standard InChI is InChI=1S/C16H19ClN2/c1-3-19(13-7-4-6-12(2)10-13)11-14-15(17)8-5-9-16(14)18/h4-10H,3,11,18H2,1-2H3. The molecule has 2 aromatic rings. The Labute approximate surface area is 119 Å². The van der Waals surface area contributed by atoms with Crippen LogP contribution in [0.2, 0.25) is 5.02 Å². The number of nitrogen functional groups attached to an aromatic ring is 1. The molecule has 2 aromatic carbocycles. The van der Waals surface area contributed by atoms with Crippen molar-refractivity contribution in [3.05, 3.63) is 58.6 Å². The number of hydrogen-bond donors (Lipinski definition) is 1. The van der Waals surface area contributed by atoms with E-state index in [0.29, 0.717) is 0 Å². The molecule has 0 atom stereocenters. The summed E-state index contributed by atoms with van der Waals surface area (Å²) in [6.45, 7) is 5.87. The molecule has 2 rings (SSSR count). The molecule has 2 N–H and O–H groups in total. The largest absolute Gasteiger partial charge is 0.398 e. The fourth-order valence-electron chi connectivity index (χ4n) is 2.14. The molecule has 0 aromatic heterocycles. The summed E-state index contributed by atoms with van der Waals surface area (Å²) in [7, 11) is 0. The lowest BCUT2D eigenvalue weighted by Crippen LogP contribution is -2.22. The van der Waals surface area contributed by atoms with Gasteiger partial charge in [0.2, 0.25) is 0 Å². The maximum absolute atomic E-state index is 6.24. The molecule has 0 bridgehead atoms. The predicted molar refractivity (Wildman–Crippen MR) is 83.8 cm³/mol. The highest BCUT2D eigenvalue weighted by molar-refractivity contribution is 6.31. The van der Waals surface area contributed by atoms with Gasteiger partial charge < -0.3 is 10.6 Å². The van der Waals surface area contributed by atoms with Gasteiger partial charge in [0.1, 0.15) is 0 Å². The zero-order chi connectivity index (χ0) is 13.8. The van der Waals surface area contributed by atoms with E-state index in [2.05, 4.69) is 43.0 Å². The Hall–Kier alpha value is -1.67. The zero-order valence-electron chi connectivity index (χ0n) is 11.4. The van der Waals surface area contributed by atoms with Gasteiger partial charge in [-0.25, -0.2) is 0 Å². The molecular weight excluding hydrogens is 256 g/mol. The fourth-order valence-corrected chi connectivity index (χ4v) is 2.38. The van der Waals surface area contributed by atoms with Crippen molar-refractivity contribution in [3.8, 4) is 0 Å². The van der Waals surface area contributed by atoms with Crippen LogP contribution in [0.1, 0.15) is 18.1 Å². The molecule has 0 radical (unpaired) electrons. The molecule has 0 spiro atoms. The summed E-state index contributed by atoms with van der Waals surface area (Å²) < 4.78 is 0. The molecule has 19 heavy (non-hydrogen) atoms. The number of halogens is 1. The van der Waals surface area contributed by atoms with Crippen LogP contribution in [0.5, 0.6) is 0 Å². The second-order valence-electron chi connectivity index (χ2n) is 4.66. The molecule has 0 aliphatic carbocycles. The summed E-state index contributed by atoms with van der Waals surface area (Å²) in [4.78, 5) is 2.27. The molecule has 0 aliphatic heterocycles. The summed E-state index contributed by atoms with van der Waals surface area (Å²) in [6, 6.07) is 14.1. The molecule has 0 saturated heterocycles. The van der Waals surface area contributed by atoms with Crippen molar-refractivity contribution in [2.75, 3.05) is 17.2 Å². The van der Waals surface area contributed by atoms with Crippen LogP contribution in [0.3, 0.4) is 0 Å². The highest BCUT2D eigenvalue weighted by Gasteiger charge is 2.10. The van der Waals surface area contributed by atoms with Crippen molar-refractivity contribution >= 4 is 23.0 Å². The monoisotopic (exact) mass is 274 g/mol. The Balaban J connectivity index is 2.29. The summed E-state index contributed by atoms with van der Waals surface area (Å²) in [5.74, 6) is 0. The van der Waals surface area contributed by atoms with E-state index in [-0.39, 0.29) is 0 Å². The van der Waals surface area contributed by atoms with Crippen LogP contribution in [0.15, 0.2) is 42.5 Å². The third kappa shape index (κ3) is 3.21. The number of nitrogens with zero attached hydrogens (tertiary/aromatic N) is 1. The summed E-state index contributed by atoms with van der Waals surface area (Å²) >= 11 is 6.24. The van der Waals surface area contributed by atoms with E-state index in [1.165, 1.54) is 11.3 Å². The van der Waals surface area contributed by atoms with Gasteiger partial charge in [0.15, 0.2) is 0 Å². The van der Waals surface area contributed by atoms with Gasteiger partial charge in [0.25, 0.3) is 0 Å². The summed E-state index contributed by atoms with van der Waals surface area (Å²) in [6.07, 6.45) is 0. The van der Waals surface area contributed by atoms with Crippen LogP contribution < -0.4 is 10.6 Å². The predicted octanol–water partition coefficient (Wildman–Crippen LogP) is 4.26. The minimum atomic E-state index is 0.728. The van der Waals surface area contributed by atoms with Crippen molar-refractivity contribution in [1.29, 1.82) is 0 Å². The van der Waals surface area contributed by atoms with Gasteiger partial charge >= 0.3 is 0 Å². The number of hydrogen-bond acceptors (Lipinski definition) is 2. The maximum atomic E-state index is 6.24. The smallest absolute Gasteiger partial charge is 0.0476 e. The highest BCUT2D eigenvalue weighted by atomic mass is 35.5. The topological polar surface area (TPSA) is 29.3 Å². The quantitative estimate of drug-likeness (QED) is 0.844. The molecule has 0 unspecified atom stereocenters. The van der Waals surface area contributed by atoms with E-state index in [9.17, 15) is 0 Å². The van der Waals surface area contributed by atoms with E-state index < -0.39 is 0 Å². The SMILES string of the molecule is CCN(Cc1c(N)cccc1Cl)c1cccc(C)c1. The highest BCUT2D eigenvalue weighted by Crippen LogP contribution is 2.26. The van der Waals surface area contributed by atoms with Gasteiger partial charge in [-0.15, -0.1) is 0 Å². The average molecular weight is 275 g/mol. The number of nitrogens with two attached hydrogens (primary N) is 1. The first-order chi connectivity index (χ1) is 9.11. The first kappa shape index (κ1) is 13.8. The average Bonchev–Trinajstić information content (AvgIpc) is 2.38. The van der Waals surface area contributed by atoms with E-state index >= 15 is 0 Å². The van der Waals surface area contributed by atoms with Crippen molar-refractivity contribution in [2.24, 2.45) is 0 Å². The van der Waals surface area contributed by atoms with E-state index in [1.807, 2.05) is 18.2 Å². The van der Waals surface area contributed by atoms with Crippen molar-refractivity contribution in [3.63, 3.8) is 0 Å². The number of benzene rings is 2. The second kappa shape index (κ2) is 5.98. The van der Waals surface area contributed by atoms with Crippen LogP contribution in [-0.4, -0.2) is 6.54 Å². The van der Waals surface area contributed by atoms with Crippen LogP contribution in [-0.2, 0) is 6.54 Å². The molecule has 3 heteroatoms. The maximum Gasteiger partial charge on any atom is 0.0476 e. The molecule has 0 heterocycles. The molecule has 0 saturated carbocycles. The third-order valence-corrected chi connectivity index (χ3v) is 3.61. The molecule has 0 amide bonds. The van der Waals surface area contributed by atoms with Crippen LogP contribution >= 0.6 is 11.6 Å². The second-order valence-corrected chi connectivity index (χ2v) is 5.07. The Kier molecular flexibility index (Phi) is 4.33. The number of aryl methyl sites for hydroxylation is 1. The Morgan fingerprint density at radius 3 is 2.53 bits per heavy atom. The van der Waals surface area contributed by atoms with Gasteiger partial charge in [-0.1, -0.05) is 29.8 Å². The van der Waals surface area contributed by atoms with Crippen LogP contribution in [0.4, 0.5) is 11.4 Å². The Morgan fingerprint density at radius 2 is 1.89 bits per heavy atom. The van der Waals surface area contributed by atoms with Gasteiger partial charge in [-0.05, 0) is 43.7 Å². The van der Waals surface area contributed by atoms with E-state index in [1.54, 1.807) is 0 Å². The molecular formula is C16H19ClN2. The van der Waals surface area contributed by atoms with Gasteiger partial charge in [-0.2, -0.15) is 0 Å². The third-order valence-electron chi connectivity index (χ3n) is 3.25. The minimum absolute atomic E-state index is 0.728. The van der Waals surface area contributed by atoms with Crippen molar-refractivity contribution < 1.29 is 0 Å². The summed E-state index contributed by atoms with van der Waals surface area (Å²) in [5, 5.41) is 0.728. The van der Waals surface area contributed by atoms with Crippen molar-refractivity contribution in [1.82, 2.24) is 0 Å². The van der Waals surface area contributed by atoms with Crippen molar-refractivity contribution in [2.45, 2.75) is 20.4 Å². The molecule has 0 fully saturated rings. The first-order valence-electron chi connectivity index (χ1n) is 6.46. The van der Waals surface area contributed by atoms with Gasteiger partial charge in [0, 0.05) is 35.1 Å². The summed E-state index contributed by atoms with van der Waals surface area (Å²) in [5.41, 5.74) is 10.2. The molecule has 0 aliphatic rings. The lowest BCUT2D eigenvalue weighted by Gasteiger charge is -2.25. The molecule has 100 valence electrons. The Morgan fingerprint density at radius 1 is 1.16 bits per heavy atom. The molecule has 2 nitrogen and oxygen atoms in total. The van der Waals surface area contributed by atoms with E-state index in [0.717, 1.165) is 29.4 Å². The van der Waals surface area contributed by atoms with Gasteiger partial charge in [-0.3, -0.25) is 0 Å². The van der Waals surface area contributed by atoms with Gasteiger partial charge in [0.05, 0.1) is 0 Å². The zero-order valence-corrected chi connectivity index (χ0v) is 12.1.